The Morgan fingerprint density at radius 2 is 1.53 bits per heavy atom. The Labute approximate surface area is 287 Å². The molecule has 49 heavy (non-hydrogen) atoms. The van der Waals surface area contributed by atoms with Gasteiger partial charge in [0, 0.05) is 30.1 Å². The average molecular weight is 687 g/mol. The lowest BCUT2D eigenvalue weighted by Crippen LogP contribution is -2.56. The normalized spacial score (nSPS) is 12.1. The first-order chi connectivity index (χ1) is 23.1. The van der Waals surface area contributed by atoms with Crippen LogP contribution in [-0.2, 0) is 32.6 Å². The second-order valence-corrected chi connectivity index (χ2v) is 14.7. The first kappa shape index (κ1) is 36.6. The Kier molecular flexibility index (Phi) is 11.5. The number of nitro groups is 1. The Balaban J connectivity index is 1.85. The molecule has 0 bridgehead atoms. The minimum Gasteiger partial charge on any atom is -0.497 e. The summed E-state index contributed by atoms with van der Waals surface area (Å²) >= 11 is 0. The van der Waals surface area contributed by atoms with Crippen molar-refractivity contribution < 1.29 is 27.7 Å². The number of sulfonamides is 1. The minimum atomic E-state index is -4.55. The molecule has 0 radical (unpaired) electrons. The number of benzene rings is 4. The highest BCUT2D eigenvalue weighted by Crippen LogP contribution is 2.30. The molecule has 4 aromatic rings. The highest BCUT2D eigenvalue weighted by atomic mass is 32.2. The average Bonchev–Trinajstić information content (AvgIpc) is 3.05. The van der Waals surface area contributed by atoms with Gasteiger partial charge in [0.05, 0.1) is 22.6 Å². The van der Waals surface area contributed by atoms with Crippen LogP contribution >= 0.6 is 0 Å². The number of hydrogen-bond donors (Lipinski definition) is 1. The van der Waals surface area contributed by atoms with Crippen LogP contribution in [-0.4, -0.2) is 55.3 Å². The van der Waals surface area contributed by atoms with Crippen molar-refractivity contribution in [1.82, 2.24) is 10.2 Å². The van der Waals surface area contributed by atoms with Crippen LogP contribution in [0.25, 0.3) is 0 Å². The molecule has 4 aromatic carbocycles. The van der Waals surface area contributed by atoms with Gasteiger partial charge in [-0.15, -0.1) is 0 Å². The van der Waals surface area contributed by atoms with Crippen LogP contribution in [0.2, 0.25) is 0 Å². The van der Waals surface area contributed by atoms with E-state index in [1.54, 1.807) is 12.1 Å². The molecule has 0 saturated carbocycles. The molecule has 0 aliphatic heterocycles. The van der Waals surface area contributed by atoms with Gasteiger partial charge in [-0.25, -0.2) is 8.42 Å². The van der Waals surface area contributed by atoms with Crippen LogP contribution in [0.15, 0.2) is 102 Å². The predicted octanol–water partition coefficient (Wildman–Crippen LogP) is 5.97. The van der Waals surface area contributed by atoms with Gasteiger partial charge in [0.15, 0.2) is 0 Å². The van der Waals surface area contributed by atoms with Crippen molar-refractivity contribution in [2.45, 2.75) is 64.1 Å². The maximum Gasteiger partial charge on any atom is 0.273 e. The van der Waals surface area contributed by atoms with Crippen molar-refractivity contribution in [3.63, 3.8) is 0 Å². The zero-order valence-electron chi connectivity index (χ0n) is 28.5. The lowest BCUT2D eigenvalue weighted by Gasteiger charge is -2.35. The van der Waals surface area contributed by atoms with Gasteiger partial charge in [0.25, 0.3) is 15.7 Å². The summed E-state index contributed by atoms with van der Waals surface area (Å²) in [6.45, 7) is 8.30. The zero-order valence-corrected chi connectivity index (χ0v) is 29.4. The first-order valence-electron chi connectivity index (χ1n) is 15.7. The van der Waals surface area contributed by atoms with E-state index in [4.69, 9.17) is 4.74 Å². The third-order valence-corrected chi connectivity index (χ3v) is 9.62. The van der Waals surface area contributed by atoms with Crippen molar-refractivity contribution in [2.24, 2.45) is 0 Å². The van der Waals surface area contributed by atoms with Crippen LogP contribution in [0.3, 0.4) is 0 Å². The van der Waals surface area contributed by atoms with Crippen LogP contribution in [0, 0.1) is 24.0 Å². The molecular weight excluding hydrogens is 644 g/mol. The molecule has 4 rings (SSSR count). The smallest absolute Gasteiger partial charge is 0.273 e. The van der Waals surface area contributed by atoms with E-state index in [1.807, 2.05) is 82.3 Å². The third-order valence-electron chi connectivity index (χ3n) is 7.85. The topological polar surface area (TPSA) is 139 Å². The van der Waals surface area contributed by atoms with Crippen LogP contribution in [0.1, 0.15) is 43.0 Å². The Morgan fingerprint density at radius 1 is 0.898 bits per heavy atom. The molecule has 1 atom stereocenters. The molecule has 0 aliphatic carbocycles. The number of rotatable bonds is 13. The van der Waals surface area contributed by atoms with E-state index >= 15 is 0 Å². The molecular formula is C37H42N4O7S. The fourth-order valence-electron chi connectivity index (χ4n) is 5.25. The zero-order chi connectivity index (χ0) is 35.9. The van der Waals surface area contributed by atoms with E-state index in [0.717, 1.165) is 27.1 Å². The van der Waals surface area contributed by atoms with E-state index in [0.29, 0.717) is 5.75 Å². The van der Waals surface area contributed by atoms with Crippen molar-refractivity contribution in [3.05, 3.63) is 129 Å². The first-order valence-corrected chi connectivity index (χ1v) is 17.2. The maximum absolute atomic E-state index is 14.6. The number of anilines is 1. The second kappa shape index (κ2) is 15.3. The molecule has 0 aliphatic rings. The van der Waals surface area contributed by atoms with Crippen molar-refractivity contribution in [2.75, 3.05) is 18.0 Å². The number of carbonyl (C=O) groups excluding carboxylic acids is 2. The molecule has 0 fully saturated rings. The van der Waals surface area contributed by atoms with E-state index in [-0.39, 0.29) is 34.8 Å². The largest absolute Gasteiger partial charge is 0.497 e. The summed E-state index contributed by atoms with van der Waals surface area (Å²) in [5.41, 5.74) is 1.99. The number of nitro benzene ring substituents is 1. The number of amides is 2. The second-order valence-electron chi connectivity index (χ2n) is 12.9. The molecule has 2 amide bonds. The van der Waals surface area contributed by atoms with Crippen molar-refractivity contribution in [1.29, 1.82) is 0 Å². The van der Waals surface area contributed by atoms with Crippen LogP contribution in [0.4, 0.5) is 11.4 Å². The molecule has 12 heteroatoms. The van der Waals surface area contributed by atoms with Crippen molar-refractivity contribution in [3.8, 4) is 5.75 Å². The number of carbonyl (C=O) groups is 2. The highest BCUT2D eigenvalue weighted by Gasteiger charge is 2.36. The molecule has 0 spiro atoms. The Morgan fingerprint density at radius 3 is 2.10 bits per heavy atom. The quantitative estimate of drug-likeness (QED) is 0.135. The van der Waals surface area contributed by atoms with Gasteiger partial charge in [-0.1, -0.05) is 66.2 Å². The molecule has 0 saturated heterocycles. The number of aryl methyl sites for hydroxylation is 2. The maximum atomic E-state index is 14.6. The van der Waals surface area contributed by atoms with Gasteiger partial charge < -0.3 is 15.0 Å². The third kappa shape index (κ3) is 9.44. The number of methoxy groups -OCH3 is 1. The Hall–Kier alpha value is -5.23. The molecule has 0 unspecified atom stereocenters. The fraction of sp³-hybridized carbons (Fsp3) is 0.297. The van der Waals surface area contributed by atoms with E-state index in [1.165, 1.54) is 43.2 Å². The predicted molar refractivity (Wildman–Crippen MR) is 189 cm³/mol. The van der Waals surface area contributed by atoms with Gasteiger partial charge in [-0.2, -0.15) is 0 Å². The summed E-state index contributed by atoms with van der Waals surface area (Å²) in [5, 5.41) is 14.7. The summed E-state index contributed by atoms with van der Waals surface area (Å²) in [5.74, 6) is -0.586. The summed E-state index contributed by atoms with van der Waals surface area (Å²) < 4.78 is 34.8. The van der Waals surface area contributed by atoms with Gasteiger partial charge >= 0.3 is 0 Å². The van der Waals surface area contributed by atoms with Crippen LogP contribution in [0.5, 0.6) is 5.75 Å². The van der Waals surface area contributed by atoms with Gasteiger partial charge in [-0.3, -0.25) is 24.0 Å². The number of hydrogen-bond acceptors (Lipinski definition) is 7. The monoisotopic (exact) mass is 686 g/mol. The molecule has 258 valence electrons. The summed E-state index contributed by atoms with van der Waals surface area (Å²) in [6, 6.07) is 25.5. The van der Waals surface area contributed by atoms with E-state index in [9.17, 15) is 28.1 Å². The number of nitrogens with one attached hydrogen (secondary N) is 1. The van der Waals surface area contributed by atoms with Gasteiger partial charge in [0.2, 0.25) is 11.8 Å². The fourth-order valence-corrected chi connectivity index (χ4v) is 6.68. The molecule has 0 heterocycles. The Bertz CT molecular complexity index is 1890. The summed E-state index contributed by atoms with van der Waals surface area (Å²) in [4.78, 5) is 40.8. The minimum absolute atomic E-state index is 0.0146. The van der Waals surface area contributed by atoms with Crippen molar-refractivity contribution >= 4 is 33.2 Å². The summed E-state index contributed by atoms with van der Waals surface area (Å²) in [6.07, 6.45) is 0.166. The lowest BCUT2D eigenvalue weighted by molar-refractivity contribution is -0.385. The van der Waals surface area contributed by atoms with Gasteiger partial charge in [0.1, 0.15) is 18.3 Å². The number of ether oxygens (including phenoxy) is 1. The van der Waals surface area contributed by atoms with Crippen LogP contribution < -0.4 is 14.4 Å². The SMILES string of the molecule is COc1ccc(N(CC(=O)N(Cc2ccc(C)cc2)[C@H](Cc2ccccc2)C(=O)NC(C)(C)C)S(=O)(=O)c2ccc(C)c([N+](=O)[O-])c2)cc1. The van der Waals surface area contributed by atoms with E-state index in [2.05, 4.69) is 5.32 Å². The molecule has 1 N–H and O–H groups in total. The highest BCUT2D eigenvalue weighted by molar-refractivity contribution is 7.92. The molecule has 0 aromatic heterocycles. The summed E-state index contributed by atoms with van der Waals surface area (Å²) in [7, 11) is -3.08. The lowest BCUT2D eigenvalue weighted by atomic mass is 10.0. The van der Waals surface area contributed by atoms with Gasteiger partial charge in [-0.05, 0) is 76.1 Å². The number of nitrogens with zero attached hydrogens (tertiary/aromatic N) is 3. The molecule has 11 nitrogen and oxygen atoms in total. The van der Waals surface area contributed by atoms with E-state index < -0.39 is 44.9 Å². The standard InChI is InChI=1S/C37H42N4O7S/c1-26-12-15-29(16-13-26)24-39(34(36(43)38-37(3,4)5)22-28-10-8-7-9-11-28)35(42)25-40(30-17-19-31(48-6)20-18-30)49(46,47)32-21-14-27(2)33(23-32)41(44)45/h7-21,23,34H,22,24-25H2,1-6H3,(H,38,43)/t34-/m1/s1.